The van der Waals surface area contributed by atoms with E-state index in [2.05, 4.69) is 29.6 Å². The van der Waals surface area contributed by atoms with Gasteiger partial charge in [0, 0.05) is 25.3 Å². The molecular formula is C25H37NO4. The first kappa shape index (κ1) is 16.7. The van der Waals surface area contributed by atoms with Gasteiger partial charge in [-0.3, -0.25) is 0 Å². The summed E-state index contributed by atoms with van der Waals surface area (Å²) < 4.78 is 52.4. The summed E-state index contributed by atoms with van der Waals surface area (Å²) in [5.74, 6) is -1.05. The van der Waals surface area contributed by atoms with E-state index >= 15 is 0 Å². The van der Waals surface area contributed by atoms with Gasteiger partial charge < -0.3 is 25.4 Å². The lowest BCUT2D eigenvalue weighted by Crippen LogP contribution is -2.22. The third kappa shape index (κ3) is 9.72. The summed E-state index contributed by atoms with van der Waals surface area (Å²) in [5.41, 5.74) is -0.244. The minimum absolute atomic E-state index is 0.366. The molecule has 1 unspecified atom stereocenters. The molecule has 0 aliphatic rings. The van der Waals surface area contributed by atoms with E-state index in [1.807, 2.05) is 6.07 Å². The van der Waals surface area contributed by atoms with Gasteiger partial charge in [0.15, 0.2) is 0 Å². The summed E-state index contributed by atoms with van der Waals surface area (Å²) in [4.78, 5) is 0. The molecule has 0 fully saturated rings. The van der Waals surface area contributed by atoms with Crippen LogP contribution in [0.1, 0.15) is 69.5 Å². The molecule has 0 saturated heterocycles. The summed E-state index contributed by atoms with van der Waals surface area (Å²) in [5, 5.41) is 33.0. The van der Waals surface area contributed by atoms with E-state index in [-0.39, 0.29) is 6.54 Å². The minimum atomic E-state index is -3.17. The van der Waals surface area contributed by atoms with E-state index in [0.29, 0.717) is 13.2 Å². The van der Waals surface area contributed by atoms with Crippen molar-refractivity contribution >= 4 is 0 Å². The molecule has 30 heavy (non-hydrogen) atoms. The summed E-state index contributed by atoms with van der Waals surface area (Å²) in [6.45, 7) is -1.60. The predicted molar refractivity (Wildman–Crippen MR) is 121 cm³/mol. The van der Waals surface area contributed by atoms with Crippen molar-refractivity contribution in [2.45, 2.75) is 57.6 Å². The number of aromatic hydroxyl groups is 1. The number of phenols is 1. The molecule has 0 heterocycles. The first-order valence-corrected chi connectivity index (χ1v) is 10.6. The van der Waals surface area contributed by atoms with Crippen molar-refractivity contribution in [1.82, 2.24) is 5.32 Å². The van der Waals surface area contributed by atoms with Crippen LogP contribution in [0.15, 0.2) is 48.5 Å². The SMILES string of the molecule is [2H]c1c([2H])c(C([2H])(O)CNCCCCCCOCCCCc2ccccc2)c([2H])c(C([2H])([2H])O)c1O. The molecule has 5 nitrogen and oxygen atoms in total. The first-order valence-electron chi connectivity index (χ1n) is 13.6. The van der Waals surface area contributed by atoms with Crippen molar-refractivity contribution in [3.05, 3.63) is 65.1 Å². The van der Waals surface area contributed by atoms with Crippen LogP contribution in [0.5, 0.6) is 5.75 Å². The van der Waals surface area contributed by atoms with Gasteiger partial charge in [0.1, 0.15) is 5.75 Å². The molecule has 4 N–H and O–H groups in total. The molecule has 2 rings (SSSR count). The lowest BCUT2D eigenvalue weighted by molar-refractivity contribution is 0.126. The van der Waals surface area contributed by atoms with Gasteiger partial charge in [0.2, 0.25) is 0 Å². The van der Waals surface area contributed by atoms with E-state index in [0.717, 1.165) is 51.6 Å². The zero-order valence-corrected chi connectivity index (χ0v) is 17.4. The summed E-state index contributed by atoms with van der Waals surface area (Å²) >= 11 is 0. The van der Waals surface area contributed by atoms with E-state index in [4.69, 9.17) is 13.0 Å². The fourth-order valence-electron chi connectivity index (χ4n) is 3.01. The van der Waals surface area contributed by atoms with Crippen molar-refractivity contribution in [1.29, 1.82) is 0 Å². The summed E-state index contributed by atoms with van der Waals surface area (Å²) in [6.07, 6.45) is 4.27. The van der Waals surface area contributed by atoms with Crippen LogP contribution >= 0.6 is 0 Å². The molecular weight excluding hydrogens is 378 g/mol. The van der Waals surface area contributed by atoms with Crippen LogP contribution in [0.25, 0.3) is 0 Å². The number of unbranched alkanes of at least 4 members (excludes halogenated alkanes) is 4. The van der Waals surface area contributed by atoms with Gasteiger partial charge in [0.25, 0.3) is 0 Å². The van der Waals surface area contributed by atoms with Crippen molar-refractivity contribution in [3.63, 3.8) is 0 Å². The topological polar surface area (TPSA) is 82.0 Å². The van der Waals surface area contributed by atoms with E-state index in [1.54, 1.807) is 0 Å². The van der Waals surface area contributed by atoms with E-state index in [9.17, 15) is 15.3 Å². The van der Waals surface area contributed by atoms with Crippen LogP contribution in [0, 0.1) is 0 Å². The van der Waals surface area contributed by atoms with Crippen LogP contribution in [0.2, 0.25) is 0 Å². The molecule has 0 saturated carbocycles. The second kappa shape index (κ2) is 15.0. The second-order valence-electron chi connectivity index (χ2n) is 7.18. The summed E-state index contributed by atoms with van der Waals surface area (Å²) in [7, 11) is 0. The van der Waals surface area contributed by atoms with Gasteiger partial charge >= 0.3 is 0 Å². The fourth-order valence-corrected chi connectivity index (χ4v) is 3.01. The zero-order chi connectivity index (χ0) is 26.8. The molecule has 2 aromatic carbocycles. The molecule has 166 valence electrons. The number of aliphatic hydroxyl groups is 2. The van der Waals surface area contributed by atoms with Crippen molar-refractivity contribution < 1.29 is 28.3 Å². The highest BCUT2D eigenvalue weighted by atomic mass is 16.5. The quantitative estimate of drug-likeness (QED) is 0.307. The third-order valence-electron chi connectivity index (χ3n) is 4.72. The lowest BCUT2D eigenvalue weighted by atomic mass is 10.1. The number of rotatable bonds is 16. The minimum Gasteiger partial charge on any atom is -0.508 e. The third-order valence-corrected chi connectivity index (χ3v) is 4.72. The van der Waals surface area contributed by atoms with Crippen molar-refractivity contribution in [2.24, 2.45) is 0 Å². The Morgan fingerprint density at radius 3 is 2.53 bits per heavy atom. The standard InChI is InChI=1S/C25H37NO4/c27-20-23-18-22(13-14-24(23)28)25(29)19-26-15-7-1-2-8-16-30-17-9-6-12-21-10-4-3-5-11-21/h3-5,10-11,13-14,18,25-29H,1-2,6-9,12,15-17,19-20H2/i13D,14D,18D,20D2,25D. The Labute approximate surface area is 189 Å². The van der Waals surface area contributed by atoms with Gasteiger partial charge in [-0.1, -0.05) is 49.2 Å². The molecule has 0 bridgehead atoms. The number of benzene rings is 2. The highest BCUT2D eigenvalue weighted by molar-refractivity contribution is 5.36. The molecule has 0 aromatic heterocycles. The molecule has 0 aliphatic heterocycles. The molecule has 0 amide bonds. The lowest BCUT2D eigenvalue weighted by Gasteiger charge is -2.14. The number of nitrogens with one attached hydrogen (secondary N) is 1. The van der Waals surface area contributed by atoms with Crippen LogP contribution in [0.3, 0.4) is 0 Å². The normalized spacial score (nSPS) is 16.6. The highest BCUT2D eigenvalue weighted by Crippen LogP contribution is 2.22. The maximum Gasteiger partial charge on any atom is 0.121 e. The number of hydrogen-bond donors (Lipinski definition) is 4. The largest absolute Gasteiger partial charge is 0.508 e. The van der Waals surface area contributed by atoms with Crippen molar-refractivity contribution in [2.75, 3.05) is 26.3 Å². The molecule has 1 atom stereocenters. The van der Waals surface area contributed by atoms with Gasteiger partial charge in [-0.2, -0.15) is 0 Å². The van der Waals surface area contributed by atoms with Crippen LogP contribution in [0.4, 0.5) is 0 Å². The second-order valence-corrected chi connectivity index (χ2v) is 7.18. The van der Waals surface area contributed by atoms with E-state index in [1.165, 1.54) is 5.56 Å². The molecule has 0 aliphatic carbocycles. The Balaban J connectivity index is 1.64. The molecule has 0 spiro atoms. The van der Waals surface area contributed by atoms with E-state index < -0.39 is 47.6 Å². The maximum atomic E-state index is 10.6. The Bertz CT molecular complexity index is 954. The average molecular weight is 422 g/mol. The molecule has 0 radical (unpaired) electrons. The first-order chi connectivity index (χ1) is 17.0. The van der Waals surface area contributed by atoms with Crippen LogP contribution in [-0.2, 0) is 17.7 Å². The zero-order valence-electron chi connectivity index (χ0n) is 23.4. The van der Waals surface area contributed by atoms with Gasteiger partial charge in [0.05, 0.1) is 20.9 Å². The maximum absolute atomic E-state index is 10.6. The van der Waals surface area contributed by atoms with Gasteiger partial charge in [-0.15, -0.1) is 0 Å². The Morgan fingerprint density at radius 2 is 1.77 bits per heavy atom. The van der Waals surface area contributed by atoms with Crippen molar-refractivity contribution in [3.8, 4) is 5.75 Å². The number of hydrogen-bond acceptors (Lipinski definition) is 5. The smallest absolute Gasteiger partial charge is 0.121 e. The Morgan fingerprint density at radius 1 is 1.03 bits per heavy atom. The number of aryl methyl sites for hydroxylation is 1. The van der Waals surface area contributed by atoms with Crippen LogP contribution in [-0.4, -0.2) is 41.6 Å². The fraction of sp³-hybridized carbons (Fsp3) is 0.520. The van der Waals surface area contributed by atoms with Crippen LogP contribution < -0.4 is 5.32 Å². The number of ether oxygens (including phenoxy) is 1. The monoisotopic (exact) mass is 421 g/mol. The molecule has 2 aromatic rings. The summed E-state index contributed by atoms with van der Waals surface area (Å²) in [6, 6.07) is 7.89. The average Bonchev–Trinajstić information content (AvgIpc) is 2.80. The molecule has 5 heteroatoms. The predicted octanol–water partition coefficient (Wildman–Crippen LogP) is 4.11. The van der Waals surface area contributed by atoms with Gasteiger partial charge in [-0.05, 0) is 61.9 Å². The Hall–Kier alpha value is -1.92. The Kier molecular flexibility index (Phi) is 8.35. The van der Waals surface area contributed by atoms with Gasteiger partial charge in [-0.25, -0.2) is 0 Å². The highest BCUT2D eigenvalue weighted by Gasteiger charge is 2.09.